The number of nitrogens with one attached hydrogen (secondary N) is 4. The number of aromatic nitrogens is 4. The average Bonchev–Trinajstić information content (AvgIpc) is 3.67. The Bertz CT molecular complexity index is 1310. The Morgan fingerprint density at radius 3 is 2.66 bits per heavy atom. The standard InChI is InChI=1S/C21H19ClN8O2/c22-14-4-2-1-3-13(14)21(7-8-21)29-18-26-16-11(9-15-17(31)27-20(32)25-15)10-23-30(16)19(28-18)24-12-5-6-12/h1-4,9-10,12H,5-8H2,(H2,24,26,28,29)(H2,25,27,31,32)/b15-9-. The van der Waals surface area contributed by atoms with Crippen molar-refractivity contribution >= 4 is 47.2 Å². The molecule has 0 spiro atoms. The molecule has 1 saturated heterocycles. The quantitative estimate of drug-likeness (QED) is 0.336. The van der Waals surface area contributed by atoms with Crippen LogP contribution >= 0.6 is 11.6 Å². The molecule has 0 unspecified atom stereocenters. The monoisotopic (exact) mass is 450 g/mol. The number of benzene rings is 1. The minimum atomic E-state index is -0.554. The molecule has 3 aromatic rings. The first-order valence-corrected chi connectivity index (χ1v) is 10.8. The molecule has 162 valence electrons. The number of halogens is 1. The number of fused-ring (bicyclic) bond motifs is 1. The summed E-state index contributed by atoms with van der Waals surface area (Å²) in [7, 11) is 0. The van der Waals surface area contributed by atoms with Gasteiger partial charge in [0, 0.05) is 16.6 Å². The van der Waals surface area contributed by atoms with Crippen molar-refractivity contribution in [3.05, 3.63) is 52.3 Å². The molecule has 4 N–H and O–H groups in total. The van der Waals surface area contributed by atoms with E-state index in [1.54, 1.807) is 16.8 Å². The van der Waals surface area contributed by atoms with Gasteiger partial charge in [0.05, 0.1) is 11.7 Å². The van der Waals surface area contributed by atoms with Crippen molar-refractivity contribution in [1.82, 2.24) is 30.2 Å². The van der Waals surface area contributed by atoms with Crippen LogP contribution in [0.15, 0.2) is 36.2 Å². The number of carbonyl (C=O) groups excluding carboxylic acids is 2. The zero-order valence-corrected chi connectivity index (χ0v) is 17.6. The van der Waals surface area contributed by atoms with Gasteiger partial charge >= 0.3 is 6.03 Å². The summed E-state index contributed by atoms with van der Waals surface area (Å²) >= 11 is 6.46. The highest BCUT2D eigenvalue weighted by Crippen LogP contribution is 2.50. The Morgan fingerprint density at radius 2 is 1.97 bits per heavy atom. The minimum absolute atomic E-state index is 0.143. The van der Waals surface area contributed by atoms with Crippen molar-refractivity contribution < 1.29 is 9.59 Å². The summed E-state index contributed by atoms with van der Waals surface area (Å²) in [6.07, 6.45) is 7.13. The van der Waals surface area contributed by atoms with Gasteiger partial charge in [0.2, 0.25) is 11.9 Å². The van der Waals surface area contributed by atoms with Crippen molar-refractivity contribution in [2.45, 2.75) is 37.3 Å². The third-order valence-corrected chi connectivity index (χ3v) is 6.15. The Labute approximate surface area is 187 Å². The van der Waals surface area contributed by atoms with E-state index in [-0.39, 0.29) is 11.2 Å². The number of carbonyl (C=O) groups is 2. The molecule has 1 aromatic carbocycles. The molecular weight excluding hydrogens is 432 g/mol. The Balaban J connectivity index is 1.42. The smallest absolute Gasteiger partial charge is 0.326 e. The number of anilines is 2. The fourth-order valence-corrected chi connectivity index (χ4v) is 4.16. The lowest BCUT2D eigenvalue weighted by Crippen LogP contribution is -2.22. The van der Waals surface area contributed by atoms with E-state index in [9.17, 15) is 9.59 Å². The Hall–Kier alpha value is -3.66. The van der Waals surface area contributed by atoms with Crippen LogP contribution in [0.25, 0.3) is 11.7 Å². The van der Waals surface area contributed by atoms with Gasteiger partial charge in [-0.1, -0.05) is 29.8 Å². The number of amides is 3. The number of rotatable bonds is 6. The summed E-state index contributed by atoms with van der Waals surface area (Å²) in [6.45, 7) is 0. The third-order valence-electron chi connectivity index (χ3n) is 5.82. The molecule has 6 rings (SSSR count). The van der Waals surface area contributed by atoms with Crippen LogP contribution in [0.4, 0.5) is 16.7 Å². The first kappa shape index (κ1) is 19.1. The first-order valence-electron chi connectivity index (χ1n) is 10.4. The zero-order valence-electron chi connectivity index (χ0n) is 16.9. The van der Waals surface area contributed by atoms with Crippen LogP contribution in [0, 0.1) is 0 Å². The molecule has 1 aliphatic heterocycles. The lowest BCUT2D eigenvalue weighted by molar-refractivity contribution is -0.115. The highest BCUT2D eigenvalue weighted by molar-refractivity contribution is 6.31. The van der Waals surface area contributed by atoms with Crippen LogP contribution in [0.1, 0.15) is 36.8 Å². The van der Waals surface area contributed by atoms with E-state index in [0.717, 1.165) is 31.2 Å². The van der Waals surface area contributed by atoms with Crippen LogP contribution in [0.2, 0.25) is 5.02 Å². The van der Waals surface area contributed by atoms with Crippen LogP contribution in [-0.2, 0) is 10.3 Å². The predicted octanol–water partition coefficient (Wildman–Crippen LogP) is 2.63. The average molecular weight is 451 g/mol. The molecular formula is C21H19ClN8O2. The van der Waals surface area contributed by atoms with E-state index in [1.807, 2.05) is 24.3 Å². The maximum atomic E-state index is 12.0. The van der Waals surface area contributed by atoms with Crippen molar-refractivity contribution in [3.8, 4) is 0 Å². The summed E-state index contributed by atoms with van der Waals surface area (Å²) in [4.78, 5) is 32.8. The second-order valence-corrected chi connectivity index (χ2v) is 8.69. The number of nitrogens with zero attached hydrogens (tertiary/aromatic N) is 4. The number of hydrogen-bond donors (Lipinski definition) is 4. The molecule has 3 aliphatic rings. The molecule has 3 heterocycles. The van der Waals surface area contributed by atoms with Gasteiger partial charge in [0.1, 0.15) is 5.70 Å². The highest BCUT2D eigenvalue weighted by Gasteiger charge is 2.46. The summed E-state index contributed by atoms with van der Waals surface area (Å²) < 4.78 is 1.61. The Morgan fingerprint density at radius 1 is 1.16 bits per heavy atom. The van der Waals surface area contributed by atoms with Crippen molar-refractivity contribution in [3.63, 3.8) is 0 Å². The maximum Gasteiger partial charge on any atom is 0.326 e. The van der Waals surface area contributed by atoms with Gasteiger partial charge in [-0.2, -0.15) is 19.6 Å². The van der Waals surface area contributed by atoms with Gasteiger partial charge < -0.3 is 16.0 Å². The molecule has 11 heteroatoms. The van der Waals surface area contributed by atoms with E-state index < -0.39 is 11.9 Å². The predicted molar refractivity (Wildman–Crippen MR) is 118 cm³/mol. The largest absolute Gasteiger partial charge is 0.351 e. The van der Waals surface area contributed by atoms with Gasteiger partial charge in [-0.3, -0.25) is 10.1 Å². The normalized spacial score (nSPS) is 20.3. The summed E-state index contributed by atoms with van der Waals surface area (Å²) in [5.74, 6) is 0.520. The highest BCUT2D eigenvalue weighted by atomic mass is 35.5. The number of urea groups is 1. The van der Waals surface area contributed by atoms with Crippen LogP contribution in [0.5, 0.6) is 0 Å². The zero-order chi connectivity index (χ0) is 21.9. The van der Waals surface area contributed by atoms with Crippen LogP contribution in [-0.4, -0.2) is 37.6 Å². The first-order chi connectivity index (χ1) is 15.5. The molecule has 2 saturated carbocycles. The lowest BCUT2D eigenvalue weighted by atomic mass is 10.1. The molecule has 0 bridgehead atoms. The van der Waals surface area contributed by atoms with Crippen molar-refractivity contribution in [2.24, 2.45) is 0 Å². The van der Waals surface area contributed by atoms with E-state index in [0.29, 0.717) is 34.2 Å². The van der Waals surface area contributed by atoms with Gasteiger partial charge in [0.25, 0.3) is 5.91 Å². The summed E-state index contributed by atoms with van der Waals surface area (Å²) in [5.41, 5.74) is 1.95. The second kappa shape index (κ2) is 6.92. The van der Waals surface area contributed by atoms with Crippen LogP contribution < -0.4 is 21.3 Å². The van der Waals surface area contributed by atoms with E-state index >= 15 is 0 Å². The molecule has 2 aliphatic carbocycles. The summed E-state index contributed by atoms with van der Waals surface area (Å²) in [6, 6.07) is 7.57. The molecule has 0 radical (unpaired) electrons. The van der Waals surface area contributed by atoms with Crippen LogP contribution in [0.3, 0.4) is 0 Å². The second-order valence-electron chi connectivity index (χ2n) is 8.28. The topological polar surface area (TPSA) is 125 Å². The van der Waals surface area contributed by atoms with Crippen molar-refractivity contribution in [1.29, 1.82) is 0 Å². The van der Waals surface area contributed by atoms with E-state index in [4.69, 9.17) is 16.6 Å². The minimum Gasteiger partial charge on any atom is -0.351 e. The Kier molecular flexibility index (Phi) is 4.12. The fraction of sp³-hybridized carbons (Fsp3) is 0.286. The van der Waals surface area contributed by atoms with E-state index in [2.05, 4.69) is 31.3 Å². The number of imide groups is 1. The molecule has 32 heavy (non-hydrogen) atoms. The van der Waals surface area contributed by atoms with E-state index in [1.165, 1.54) is 0 Å². The lowest BCUT2D eigenvalue weighted by Gasteiger charge is -2.20. The fourth-order valence-electron chi connectivity index (χ4n) is 3.84. The van der Waals surface area contributed by atoms with Gasteiger partial charge in [-0.15, -0.1) is 0 Å². The third kappa shape index (κ3) is 3.32. The molecule has 0 atom stereocenters. The van der Waals surface area contributed by atoms with Crippen molar-refractivity contribution in [2.75, 3.05) is 10.6 Å². The van der Waals surface area contributed by atoms with Gasteiger partial charge in [0.15, 0.2) is 5.65 Å². The van der Waals surface area contributed by atoms with Gasteiger partial charge in [-0.05, 0) is 43.4 Å². The molecule has 10 nitrogen and oxygen atoms in total. The molecule has 3 fully saturated rings. The molecule has 3 amide bonds. The summed E-state index contributed by atoms with van der Waals surface area (Å²) in [5, 5.41) is 16.7. The maximum absolute atomic E-state index is 12.0. The molecule has 2 aromatic heterocycles. The van der Waals surface area contributed by atoms with Gasteiger partial charge in [-0.25, -0.2) is 4.79 Å². The SMILES string of the molecule is O=C1NC(=O)/C(=C/c2cnn3c(NC4CC4)nc(NC4(c5ccccc5Cl)CC4)nc23)N1. The number of hydrogen-bond acceptors (Lipinski definition) is 7.